The van der Waals surface area contributed by atoms with Crippen molar-refractivity contribution >= 4 is 17.8 Å². The predicted octanol–water partition coefficient (Wildman–Crippen LogP) is 1.48. The van der Waals surface area contributed by atoms with Gasteiger partial charge in [0.15, 0.2) is 13.2 Å². The van der Waals surface area contributed by atoms with Gasteiger partial charge in [-0.2, -0.15) is 0 Å². The first-order valence-electron chi connectivity index (χ1n) is 8.76. The SMILES string of the molecule is CCOC(=O)c1ccc(OCC(=O)NNC(=O)COc2ccc(OC)cc2)cc1. The summed E-state index contributed by atoms with van der Waals surface area (Å²) in [6, 6.07) is 12.9. The van der Waals surface area contributed by atoms with Gasteiger partial charge in [-0.15, -0.1) is 0 Å². The van der Waals surface area contributed by atoms with E-state index in [2.05, 4.69) is 10.9 Å². The Hall–Kier alpha value is -3.75. The molecule has 0 aliphatic heterocycles. The normalized spacial score (nSPS) is 9.86. The van der Waals surface area contributed by atoms with Crippen LogP contribution in [0.4, 0.5) is 0 Å². The lowest BCUT2D eigenvalue weighted by atomic mass is 10.2. The average Bonchev–Trinajstić information content (AvgIpc) is 2.75. The zero-order valence-corrected chi connectivity index (χ0v) is 16.1. The number of esters is 1. The van der Waals surface area contributed by atoms with Crippen molar-refractivity contribution in [2.24, 2.45) is 0 Å². The molecule has 0 aliphatic rings. The van der Waals surface area contributed by atoms with Gasteiger partial charge >= 0.3 is 5.97 Å². The van der Waals surface area contributed by atoms with Gasteiger partial charge in [-0.3, -0.25) is 20.4 Å². The molecule has 2 aromatic carbocycles. The van der Waals surface area contributed by atoms with Crippen LogP contribution in [-0.4, -0.2) is 44.7 Å². The average molecular weight is 402 g/mol. The fraction of sp³-hybridized carbons (Fsp3) is 0.250. The minimum atomic E-state index is -0.558. The number of rotatable bonds is 9. The number of carbonyl (C=O) groups is 3. The maximum absolute atomic E-state index is 11.7. The van der Waals surface area contributed by atoms with Crippen molar-refractivity contribution in [3.05, 3.63) is 54.1 Å². The Labute approximate surface area is 167 Å². The third-order valence-corrected chi connectivity index (χ3v) is 3.51. The van der Waals surface area contributed by atoms with Gasteiger partial charge in [0.25, 0.3) is 11.8 Å². The predicted molar refractivity (Wildman–Crippen MR) is 103 cm³/mol. The second kappa shape index (κ2) is 11.2. The molecule has 0 bridgehead atoms. The molecule has 9 nitrogen and oxygen atoms in total. The van der Waals surface area contributed by atoms with Crippen LogP contribution in [0, 0.1) is 0 Å². The van der Waals surface area contributed by atoms with E-state index in [0.717, 1.165) is 0 Å². The molecular formula is C20H22N2O7. The van der Waals surface area contributed by atoms with E-state index in [0.29, 0.717) is 22.8 Å². The fourth-order valence-electron chi connectivity index (χ4n) is 2.08. The van der Waals surface area contributed by atoms with Gasteiger partial charge < -0.3 is 18.9 Å². The van der Waals surface area contributed by atoms with Crippen LogP contribution in [0.15, 0.2) is 48.5 Å². The van der Waals surface area contributed by atoms with Crippen molar-refractivity contribution in [2.75, 3.05) is 26.9 Å². The summed E-state index contributed by atoms with van der Waals surface area (Å²) in [7, 11) is 1.55. The summed E-state index contributed by atoms with van der Waals surface area (Å²) < 4.78 is 20.5. The van der Waals surface area contributed by atoms with Crippen LogP contribution in [0.1, 0.15) is 17.3 Å². The van der Waals surface area contributed by atoms with Crippen molar-refractivity contribution in [2.45, 2.75) is 6.92 Å². The van der Waals surface area contributed by atoms with Crippen LogP contribution in [0.2, 0.25) is 0 Å². The van der Waals surface area contributed by atoms with Gasteiger partial charge in [-0.1, -0.05) is 0 Å². The van der Waals surface area contributed by atoms with E-state index in [1.165, 1.54) is 12.1 Å². The van der Waals surface area contributed by atoms with Gasteiger partial charge in [0, 0.05) is 0 Å². The molecule has 0 unspecified atom stereocenters. The number of hydrazine groups is 1. The molecule has 9 heteroatoms. The van der Waals surface area contributed by atoms with Gasteiger partial charge in [-0.25, -0.2) is 4.79 Å². The number of amides is 2. The Morgan fingerprint density at radius 3 is 1.66 bits per heavy atom. The van der Waals surface area contributed by atoms with Crippen LogP contribution in [-0.2, 0) is 14.3 Å². The first kappa shape index (κ1) is 21.5. The number of benzene rings is 2. The molecule has 0 saturated heterocycles. The van der Waals surface area contributed by atoms with E-state index < -0.39 is 17.8 Å². The van der Waals surface area contributed by atoms with E-state index in [1.807, 2.05) is 0 Å². The van der Waals surface area contributed by atoms with Crippen LogP contribution < -0.4 is 25.1 Å². The quantitative estimate of drug-likeness (QED) is 0.483. The molecule has 0 aliphatic carbocycles. The van der Waals surface area contributed by atoms with Crippen LogP contribution in [0.5, 0.6) is 17.2 Å². The van der Waals surface area contributed by atoms with Crippen LogP contribution >= 0.6 is 0 Å². The van der Waals surface area contributed by atoms with Crippen molar-refractivity contribution in [3.63, 3.8) is 0 Å². The zero-order chi connectivity index (χ0) is 21.1. The lowest BCUT2D eigenvalue weighted by molar-refractivity contribution is -0.131. The van der Waals surface area contributed by atoms with E-state index in [-0.39, 0.29) is 19.8 Å². The fourth-order valence-corrected chi connectivity index (χ4v) is 2.08. The smallest absolute Gasteiger partial charge is 0.338 e. The molecular weight excluding hydrogens is 380 g/mol. The Morgan fingerprint density at radius 1 is 0.759 bits per heavy atom. The number of hydrogen-bond donors (Lipinski definition) is 2. The largest absolute Gasteiger partial charge is 0.497 e. The van der Waals surface area contributed by atoms with E-state index in [1.54, 1.807) is 50.4 Å². The molecule has 0 fully saturated rings. The maximum Gasteiger partial charge on any atom is 0.338 e. The first-order valence-corrected chi connectivity index (χ1v) is 8.76. The van der Waals surface area contributed by atoms with E-state index in [4.69, 9.17) is 18.9 Å². The Balaban J connectivity index is 1.67. The van der Waals surface area contributed by atoms with Crippen LogP contribution in [0.3, 0.4) is 0 Å². The lowest BCUT2D eigenvalue weighted by Crippen LogP contribution is -2.45. The minimum absolute atomic E-state index is 0.275. The summed E-state index contributed by atoms with van der Waals surface area (Å²) in [4.78, 5) is 35.0. The Bertz CT molecular complexity index is 820. The molecule has 2 N–H and O–H groups in total. The van der Waals surface area contributed by atoms with Gasteiger partial charge in [0.2, 0.25) is 0 Å². The lowest BCUT2D eigenvalue weighted by Gasteiger charge is -2.10. The molecule has 154 valence electrons. The highest BCUT2D eigenvalue weighted by molar-refractivity contribution is 5.89. The summed E-state index contributed by atoms with van der Waals surface area (Å²) in [6.45, 7) is 1.41. The molecule has 2 rings (SSSR count). The summed E-state index contributed by atoms with van der Waals surface area (Å²) in [5, 5.41) is 0. The number of carbonyl (C=O) groups excluding carboxylic acids is 3. The number of ether oxygens (including phenoxy) is 4. The summed E-state index contributed by atoms with van der Waals surface area (Å²) in [6.07, 6.45) is 0. The van der Waals surface area contributed by atoms with Gasteiger partial charge in [0.05, 0.1) is 19.3 Å². The standard InChI is InChI=1S/C20H22N2O7/c1-3-27-20(25)14-4-6-16(7-5-14)28-12-18(23)21-22-19(24)13-29-17-10-8-15(26-2)9-11-17/h4-11H,3,12-13H2,1-2H3,(H,21,23)(H,22,24). The maximum atomic E-state index is 11.7. The highest BCUT2D eigenvalue weighted by atomic mass is 16.5. The van der Waals surface area contributed by atoms with Crippen LogP contribution in [0.25, 0.3) is 0 Å². The Kier molecular flexibility index (Phi) is 8.30. The summed E-state index contributed by atoms with van der Waals surface area (Å²) >= 11 is 0. The summed E-state index contributed by atoms with van der Waals surface area (Å²) in [5.74, 6) is 0.0235. The topological polar surface area (TPSA) is 112 Å². The van der Waals surface area contributed by atoms with E-state index in [9.17, 15) is 14.4 Å². The van der Waals surface area contributed by atoms with Crippen molar-refractivity contribution in [1.29, 1.82) is 0 Å². The third kappa shape index (κ3) is 7.41. The molecule has 0 spiro atoms. The monoisotopic (exact) mass is 402 g/mol. The molecule has 29 heavy (non-hydrogen) atoms. The Morgan fingerprint density at radius 2 is 1.21 bits per heavy atom. The molecule has 0 saturated carbocycles. The first-order chi connectivity index (χ1) is 14.0. The number of nitrogens with one attached hydrogen (secondary N) is 2. The zero-order valence-electron chi connectivity index (χ0n) is 16.1. The highest BCUT2D eigenvalue weighted by Gasteiger charge is 2.09. The summed E-state index contributed by atoms with van der Waals surface area (Å²) in [5.41, 5.74) is 4.82. The second-order valence-corrected chi connectivity index (χ2v) is 5.59. The second-order valence-electron chi connectivity index (χ2n) is 5.59. The van der Waals surface area contributed by atoms with Gasteiger partial charge in [0.1, 0.15) is 17.2 Å². The molecule has 0 atom stereocenters. The molecule has 0 radical (unpaired) electrons. The molecule has 2 aromatic rings. The number of hydrogen-bond acceptors (Lipinski definition) is 7. The minimum Gasteiger partial charge on any atom is -0.497 e. The van der Waals surface area contributed by atoms with Crippen molar-refractivity contribution < 1.29 is 33.3 Å². The van der Waals surface area contributed by atoms with Crippen molar-refractivity contribution in [3.8, 4) is 17.2 Å². The van der Waals surface area contributed by atoms with Crippen molar-refractivity contribution in [1.82, 2.24) is 10.9 Å². The number of methoxy groups -OCH3 is 1. The van der Waals surface area contributed by atoms with E-state index >= 15 is 0 Å². The third-order valence-electron chi connectivity index (χ3n) is 3.51. The molecule has 0 aromatic heterocycles. The molecule has 0 heterocycles. The molecule has 2 amide bonds. The van der Waals surface area contributed by atoms with Gasteiger partial charge in [-0.05, 0) is 55.5 Å². The highest BCUT2D eigenvalue weighted by Crippen LogP contribution is 2.16.